The second-order valence-corrected chi connectivity index (χ2v) is 7.50. The van der Waals surface area contributed by atoms with Gasteiger partial charge in [-0.05, 0) is 18.6 Å². The fourth-order valence-corrected chi connectivity index (χ4v) is 3.80. The SMILES string of the molecule is O=S(=O)(CCOc1ccccc1)N1CCC(Oc2cnccn2)C1. The van der Waals surface area contributed by atoms with Crippen LogP contribution in [0.2, 0.25) is 0 Å². The maximum absolute atomic E-state index is 12.4. The normalized spacial score (nSPS) is 18.4. The lowest BCUT2D eigenvalue weighted by molar-refractivity contribution is 0.206. The lowest BCUT2D eigenvalue weighted by Crippen LogP contribution is -2.34. The number of hydrogen-bond acceptors (Lipinski definition) is 6. The molecule has 1 aromatic carbocycles. The minimum atomic E-state index is -3.36. The summed E-state index contributed by atoms with van der Waals surface area (Å²) in [7, 11) is -3.36. The van der Waals surface area contributed by atoms with Crippen LogP contribution in [0.25, 0.3) is 0 Å². The van der Waals surface area contributed by atoms with Crippen molar-refractivity contribution in [2.75, 3.05) is 25.4 Å². The monoisotopic (exact) mass is 349 g/mol. The molecular formula is C16H19N3O4S. The number of benzene rings is 1. The number of ether oxygens (including phenoxy) is 2. The highest BCUT2D eigenvalue weighted by Crippen LogP contribution is 2.19. The highest BCUT2D eigenvalue weighted by molar-refractivity contribution is 7.89. The third-order valence-corrected chi connectivity index (χ3v) is 5.48. The van der Waals surface area contributed by atoms with E-state index < -0.39 is 10.0 Å². The number of nitrogens with zero attached hydrogens (tertiary/aromatic N) is 3. The van der Waals surface area contributed by atoms with Gasteiger partial charge in [0.2, 0.25) is 15.9 Å². The fourth-order valence-electron chi connectivity index (χ4n) is 2.47. The topological polar surface area (TPSA) is 81.6 Å². The van der Waals surface area contributed by atoms with Crippen LogP contribution in [0, 0.1) is 0 Å². The van der Waals surface area contributed by atoms with Gasteiger partial charge in [0.1, 0.15) is 18.5 Å². The molecule has 1 fully saturated rings. The van der Waals surface area contributed by atoms with E-state index in [1.807, 2.05) is 18.2 Å². The van der Waals surface area contributed by atoms with Crippen LogP contribution in [0.5, 0.6) is 11.6 Å². The summed E-state index contributed by atoms with van der Waals surface area (Å²) >= 11 is 0. The molecule has 0 aliphatic carbocycles. The number of rotatable bonds is 7. The lowest BCUT2D eigenvalue weighted by Gasteiger charge is -2.17. The van der Waals surface area contributed by atoms with Crippen molar-refractivity contribution in [1.82, 2.24) is 14.3 Å². The minimum Gasteiger partial charge on any atom is -0.492 e. The average Bonchev–Trinajstić information content (AvgIpc) is 3.06. The first kappa shape index (κ1) is 16.7. The van der Waals surface area contributed by atoms with Gasteiger partial charge in [-0.25, -0.2) is 13.4 Å². The van der Waals surface area contributed by atoms with Crippen LogP contribution >= 0.6 is 0 Å². The van der Waals surface area contributed by atoms with Crippen molar-refractivity contribution in [2.24, 2.45) is 0 Å². The Balaban J connectivity index is 1.48. The van der Waals surface area contributed by atoms with Gasteiger partial charge in [-0.3, -0.25) is 4.98 Å². The Morgan fingerprint density at radius 3 is 2.79 bits per heavy atom. The van der Waals surface area contributed by atoms with Gasteiger partial charge in [-0.1, -0.05) is 18.2 Å². The summed E-state index contributed by atoms with van der Waals surface area (Å²) in [5.41, 5.74) is 0. The van der Waals surface area contributed by atoms with Crippen molar-refractivity contribution in [3.05, 3.63) is 48.9 Å². The summed E-state index contributed by atoms with van der Waals surface area (Å²) in [4.78, 5) is 7.97. The molecule has 1 aromatic heterocycles. The first-order valence-electron chi connectivity index (χ1n) is 7.72. The van der Waals surface area contributed by atoms with E-state index in [9.17, 15) is 8.42 Å². The highest BCUT2D eigenvalue weighted by atomic mass is 32.2. The molecule has 8 heteroatoms. The second kappa shape index (κ2) is 7.59. The zero-order valence-electron chi connectivity index (χ0n) is 13.1. The molecule has 0 saturated carbocycles. The van der Waals surface area contributed by atoms with E-state index in [0.717, 1.165) is 0 Å². The van der Waals surface area contributed by atoms with Gasteiger partial charge in [0.25, 0.3) is 0 Å². The summed E-state index contributed by atoms with van der Waals surface area (Å²) in [6, 6.07) is 9.17. The summed E-state index contributed by atoms with van der Waals surface area (Å²) in [5, 5.41) is 0. The van der Waals surface area contributed by atoms with Crippen molar-refractivity contribution in [3.63, 3.8) is 0 Å². The van der Waals surface area contributed by atoms with Gasteiger partial charge in [-0.2, -0.15) is 4.31 Å². The molecule has 0 amide bonds. The van der Waals surface area contributed by atoms with Crippen molar-refractivity contribution in [1.29, 1.82) is 0 Å². The Bertz CT molecular complexity index is 740. The van der Waals surface area contributed by atoms with Crippen LogP contribution in [0.15, 0.2) is 48.9 Å². The standard InChI is InChI=1S/C16H19N3O4S/c20-24(21,11-10-22-14-4-2-1-3-5-14)19-9-6-15(13-19)23-16-12-17-7-8-18-16/h1-5,7-8,12,15H,6,9-11,13H2. The van der Waals surface area contributed by atoms with Crippen molar-refractivity contribution in [3.8, 4) is 11.6 Å². The maximum Gasteiger partial charge on any atom is 0.232 e. The largest absolute Gasteiger partial charge is 0.492 e. The zero-order chi connectivity index (χ0) is 16.8. The molecule has 2 aromatic rings. The smallest absolute Gasteiger partial charge is 0.232 e. The van der Waals surface area contributed by atoms with Crippen molar-refractivity contribution < 1.29 is 17.9 Å². The third kappa shape index (κ3) is 4.42. The second-order valence-electron chi connectivity index (χ2n) is 5.41. The van der Waals surface area contributed by atoms with Crippen LogP contribution in [-0.4, -0.2) is 54.2 Å². The van der Waals surface area contributed by atoms with Gasteiger partial charge in [0, 0.05) is 18.9 Å². The van der Waals surface area contributed by atoms with Gasteiger partial charge in [-0.15, -0.1) is 0 Å². The average molecular weight is 349 g/mol. The molecule has 1 atom stereocenters. The van der Waals surface area contributed by atoms with Crippen LogP contribution in [0.4, 0.5) is 0 Å². The molecule has 1 aliphatic rings. The molecule has 0 spiro atoms. The number of aromatic nitrogens is 2. The third-order valence-electron chi connectivity index (χ3n) is 3.68. The number of sulfonamides is 1. The summed E-state index contributed by atoms with van der Waals surface area (Å²) in [6.45, 7) is 0.890. The minimum absolute atomic E-state index is 0.0558. The molecule has 7 nitrogen and oxygen atoms in total. The Kier molecular flexibility index (Phi) is 5.27. The van der Waals surface area contributed by atoms with E-state index >= 15 is 0 Å². The van der Waals surface area contributed by atoms with Gasteiger partial charge < -0.3 is 9.47 Å². The van der Waals surface area contributed by atoms with Crippen LogP contribution in [0.3, 0.4) is 0 Å². The zero-order valence-corrected chi connectivity index (χ0v) is 13.9. The van der Waals surface area contributed by atoms with Crippen molar-refractivity contribution in [2.45, 2.75) is 12.5 Å². The summed E-state index contributed by atoms with van der Waals surface area (Å²) in [5.74, 6) is 1.02. The molecule has 1 aliphatic heterocycles. The van der Waals surface area contributed by atoms with Crippen LogP contribution in [-0.2, 0) is 10.0 Å². The molecule has 2 heterocycles. The van der Waals surface area contributed by atoms with Gasteiger partial charge in [0.05, 0.1) is 18.5 Å². The fraction of sp³-hybridized carbons (Fsp3) is 0.375. The molecule has 0 bridgehead atoms. The Hall–Kier alpha value is -2.19. The molecule has 24 heavy (non-hydrogen) atoms. The molecule has 1 saturated heterocycles. The van der Waals surface area contributed by atoms with E-state index in [1.54, 1.807) is 24.5 Å². The Morgan fingerprint density at radius 2 is 2.04 bits per heavy atom. The Morgan fingerprint density at radius 1 is 1.21 bits per heavy atom. The summed E-state index contributed by atoms with van der Waals surface area (Å²) < 4.78 is 37.3. The molecule has 3 rings (SSSR count). The first-order valence-corrected chi connectivity index (χ1v) is 9.33. The summed E-state index contributed by atoms with van der Waals surface area (Å²) in [6.07, 6.45) is 5.05. The Labute approximate surface area is 141 Å². The molecule has 1 unspecified atom stereocenters. The van der Waals surface area contributed by atoms with Crippen LogP contribution < -0.4 is 9.47 Å². The predicted molar refractivity (Wildman–Crippen MR) is 88.4 cm³/mol. The maximum atomic E-state index is 12.4. The van der Waals surface area contributed by atoms with Gasteiger partial charge in [0.15, 0.2) is 0 Å². The molecule has 128 valence electrons. The predicted octanol–water partition coefficient (Wildman–Crippen LogP) is 1.34. The lowest BCUT2D eigenvalue weighted by atomic mass is 10.3. The number of para-hydroxylation sites is 1. The number of hydrogen-bond donors (Lipinski definition) is 0. The van der Waals surface area contributed by atoms with E-state index in [-0.39, 0.29) is 18.5 Å². The van der Waals surface area contributed by atoms with Gasteiger partial charge >= 0.3 is 0 Å². The van der Waals surface area contributed by atoms with Crippen molar-refractivity contribution >= 4 is 10.0 Å². The highest BCUT2D eigenvalue weighted by Gasteiger charge is 2.32. The van der Waals surface area contributed by atoms with E-state index in [4.69, 9.17) is 9.47 Å². The quantitative estimate of drug-likeness (QED) is 0.750. The molecular weight excluding hydrogens is 330 g/mol. The first-order chi connectivity index (χ1) is 11.6. The van der Waals surface area contributed by atoms with Crippen LogP contribution in [0.1, 0.15) is 6.42 Å². The van der Waals surface area contributed by atoms with E-state index in [0.29, 0.717) is 31.1 Å². The molecule has 0 radical (unpaired) electrons. The van der Waals surface area contributed by atoms with E-state index in [2.05, 4.69) is 9.97 Å². The molecule has 0 N–H and O–H groups in total. The van der Waals surface area contributed by atoms with E-state index in [1.165, 1.54) is 10.5 Å².